The highest BCUT2D eigenvalue weighted by molar-refractivity contribution is 5.55. The molecule has 0 saturated heterocycles. The first kappa shape index (κ1) is 3.65. The number of nitrogens with zero attached hydrogens (tertiary/aromatic N) is 1. The van der Waals surface area contributed by atoms with E-state index in [2.05, 4.69) is 10.5 Å². The summed E-state index contributed by atoms with van der Waals surface area (Å²) in [7, 11) is 0. The molecule has 2 nitrogen and oxygen atoms in total. The molecule has 2 heteroatoms. The van der Waals surface area contributed by atoms with Gasteiger partial charge in [-0.1, -0.05) is 0 Å². The second kappa shape index (κ2) is 1.80. The van der Waals surface area contributed by atoms with Gasteiger partial charge >= 0.3 is 0 Å². The summed E-state index contributed by atoms with van der Waals surface area (Å²) in [5.41, 5.74) is 2.85. The zero-order valence-electron chi connectivity index (χ0n) is 3.65. The van der Waals surface area contributed by atoms with Gasteiger partial charge in [0.05, 0.1) is 6.54 Å². The van der Waals surface area contributed by atoms with Gasteiger partial charge in [0, 0.05) is 6.42 Å². The molecule has 0 aromatic carbocycles. The third kappa shape index (κ3) is 0.708. The van der Waals surface area contributed by atoms with E-state index in [1.54, 1.807) is 0 Å². The van der Waals surface area contributed by atoms with Crippen molar-refractivity contribution < 1.29 is 0 Å². The first-order valence-electron chi connectivity index (χ1n) is 2.24. The topological polar surface area (TPSA) is 26.1 Å². The van der Waals surface area contributed by atoms with Crippen molar-refractivity contribution >= 4 is 6.21 Å². The molecule has 0 saturated carbocycles. The van der Waals surface area contributed by atoms with Gasteiger partial charge in [0.1, 0.15) is 0 Å². The van der Waals surface area contributed by atoms with Crippen LogP contribution < -0.4 is 10.5 Å². The van der Waals surface area contributed by atoms with E-state index in [1.807, 2.05) is 6.21 Å². The Balaban J connectivity index is 2.26. The molecule has 0 aromatic heterocycles. The highest BCUT2D eigenvalue weighted by Gasteiger charge is 1.97. The third-order valence-corrected chi connectivity index (χ3v) is 0.804. The average Bonchev–Trinajstić information content (AvgIpc) is 1.72. The van der Waals surface area contributed by atoms with E-state index in [-0.39, 0.29) is 0 Å². The van der Waals surface area contributed by atoms with Crippen LogP contribution in [-0.2, 0) is 0 Å². The molecule has 0 atom stereocenters. The maximum absolute atomic E-state index is 3.80. The van der Waals surface area contributed by atoms with Crippen LogP contribution in [0, 0.1) is 0 Å². The second-order valence-corrected chi connectivity index (χ2v) is 1.36. The number of hydrogen-bond acceptors (Lipinski definition) is 2. The summed E-state index contributed by atoms with van der Waals surface area (Å²) >= 11 is 0. The van der Waals surface area contributed by atoms with Crippen molar-refractivity contribution in [3.05, 3.63) is 0 Å². The smallest absolute Gasteiger partial charge is 0.134 e. The van der Waals surface area contributed by atoms with Crippen LogP contribution in [0.2, 0.25) is 0 Å². The molecule has 1 N–H and O–H groups in total. The van der Waals surface area contributed by atoms with Crippen LogP contribution in [0.25, 0.3) is 0 Å². The fraction of sp³-hybridized carbons (Fsp3) is 0.750. The number of hydrazone groups is 1. The lowest BCUT2D eigenvalue weighted by atomic mass is 10.3. The Morgan fingerprint density at radius 1 is 1.67 bits per heavy atom. The van der Waals surface area contributed by atoms with Crippen molar-refractivity contribution in [1.29, 1.82) is 0 Å². The van der Waals surface area contributed by atoms with Crippen molar-refractivity contribution in [2.45, 2.75) is 12.8 Å². The van der Waals surface area contributed by atoms with E-state index < -0.39 is 0 Å². The largest absolute Gasteiger partial charge is 0.251 e. The van der Waals surface area contributed by atoms with Crippen LogP contribution in [0.15, 0.2) is 0 Å². The molecule has 1 aliphatic rings. The minimum atomic E-state index is 1.05. The van der Waals surface area contributed by atoms with Crippen molar-refractivity contribution in [1.82, 2.24) is 10.5 Å². The fourth-order valence-corrected chi connectivity index (χ4v) is 0.466. The summed E-state index contributed by atoms with van der Waals surface area (Å²) < 4.78 is 0. The Labute approximate surface area is 37.2 Å². The quantitative estimate of drug-likeness (QED) is 0.428. The van der Waals surface area contributed by atoms with E-state index in [0.29, 0.717) is 0 Å². The molecule has 0 aliphatic carbocycles. The van der Waals surface area contributed by atoms with Crippen molar-refractivity contribution in [2.75, 3.05) is 6.54 Å². The van der Waals surface area contributed by atoms with Crippen LogP contribution in [0.3, 0.4) is 0 Å². The minimum Gasteiger partial charge on any atom is -0.134 e. The molecule has 0 bridgehead atoms. The molecule has 0 amide bonds. The van der Waals surface area contributed by atoms with Gasteiger partial charge in [-0.15, -0.1) is 5.43 Å². The summed E-state index contributed by atoms with van der Waals surface area (Å²) in [6, 6.07) is 0. The molecular weight excluding hydrogens is 76.1 g/mol. The second-order valence-electron chi connectivity index (χ2n) is 1.36. The summed E-state index contributed by atoms with van der Waals surface area (Å²) in [4.78, 5) is 0. The van der Waals surface area contributed by atoms with Crippen molar-refractivity contribution in [2.24, 2.45) is 0 Å². The van der Waals surface area contributed by atoms with Crippen LogP contribution in [0.4, 0.5) is 0 Å². The Hall–Kier alpha value is -0.530. The Bertz CT molecular complexity index is 50.6. The van der Waals surface area contributed by atoms with E-state index in [0.717, 1.165) is 13.0 Å². The Kier molecular flexibility index (Phi) is 1.10. The molecule has 0 unspecified atom stereocenters. The molecule has 1 aliphatic heterocycles. The van der Waals surface area contributed by atoms with E-state index in [1.165, 1.54) is 6.42 Å². The molecule has 0 aromatic rings. The minimum absolute atomic E-state index is 1.05. The molecule has 1 heterocycles. The van der Waals surface area contributed by atoms with Crippen molar-refractivity contribution in [3.63, 3.8) is 0 Å². The number of nitrogens with one attached hydrogen (secondary N) is 1. The van der Waals surface area contributed by atoms with Crippen molar-refractivity contribution in [3.8, 4) is 0 Å². The predicted octanol–water partition coefficient (Wildman–Crippen LogP) is -0.309. The first-order valence-corrected chi connectivity index (χ1v) is 2.24. The number of hydrogen-bond donors (Lipinski definition) is 1. The van der Waals surface area contributed by atoms with Gasteiger partial charge in [-0.3, -0.25) is 0 Å². The molecule has 33 valence electrons. The van der Waals surface area contributed by atoms with Crippen LogP contribution in [0.5, 0.6) is 0 Å². The van der Waals surface area contributed by atoms with Gasteiger partial charge in [0.25, 0.3) is 6.21 Å². The predicted molar refractivity (Wildman–Crippen MR) is 25.4 cm³/mol. The molecule has 0 fully saturated rings. The Morgan fingerprint density at radius 2 is 2.67 bits per heavy atom. The standard InChI is InChI=1S/C4H8N2/c1-2-4-6-5-3-1/h3,6H,1-2,4H2/q+1. The highest BCUT2D eigenvalue weighted by Crippen LogP contribution is 1.81. The van der Waals surface area contributed by atoms with Gasteiger partial charge in [0.15, 0.2) is 5.10 Å². The summed E-state index contributed by atoms with van der Waals surface area (Å²) in [5, 5.41) is 3.80. The van der Waals surface area contributed by atoms with E-state index >= 15 is 0 Å². The average molecular weight is 84.1 g/mol. The normalized spacial score (nSPS) is 20.0. The number of rotatable bonds is 0. The van der Waals surface area contributed by atoms with Crippen LogP contribution in [-0.4, -0.2) is 12.8 Å². The summed E-state index contributed by atoms with van der Waals surface area (Å²) in [5.74, 6) is 0. The fourth-order valence-electron chi connectivity index (χ4n) is 0.466. The molecule has 1 radical (unpaired) electrons. The van der Waals surface area contributed by atoms with Gasteiger partial charge in [-0.2, -0.15) is 0 Å². The Morgan fingerprint density at radius 3 is 2.83 bits per heavy atom. The van der Waals surface area contributed by atoms with Gasteiger partial charge in [-0.05, 0) is 6.42 Å². The van der Waals surface area contributed by atoms with Crippen LogP contribution in [0.1, 0.15) is 12.8 Å². The highest BCUT2D eigenvalue weighted by atomic mass is 15.3. The maximum atomic E-state index is 3.80. The SMILES string of the molecule is C1=[N+]NCCC1. The summed E-state index contributed by atoms with van der Waals surface area (Å²) in [6.45, 7) is 1.05. The molecular formula is C4H8N2+. The zero-order chi connectivity index (χ0) is 4.24. The lowest BCUT2D eigenvalue weighted by molar-refractivity contribution is 0.621. The summed E-state index contributed by atoms with van der Waals surface area (Å²) in [6.07, 6.45) is 4.29. The molecule has 1 rings (SSSR count). The zero-order valence-corrected chi connectivity index (χ0v) is 3.65. The third-order valence-electron chi connectivity index (χ3n) is 0.804. The first-order chi connectivity index (χ1) is 3.00. The van der Waals surface area contributed by atoms with E-state index in [4.69, 9.17) is 0 Å². The van der Waals surface area contributed by atoms with Gasteiger partial charge in [-0.25, -0.2) is 0 Å². The molecule has 6 heavy (non-hydrogen) atoms. The van der Waals surface area contributed by atoms with Crippen LogP contribution >= 0.6 is 0 Å². The van der Waals surface area contributed by atoms with Gasteiger partial charge in [0.2, 0.25) is 0 Å². The lowest BCUT2D eigenvalue weighted by Crippen LogP contribution is -2.22. The maximum Gasteiger partial charge on any atom is 0.251 e. The van der Waals surface area contributed by atoms with Gasteiger partial charge < -0.3 is 0 Å². The lowest BCUT2D eigenvalue weighted by Gasteiger charge is -1.88. The van der Waals surface area contributed by atoms with E-state index in [9.17, 15) is 0 Å². The monoisotopic (exact) mass is 84.1 g/mol. The molecule has 0 spiro atoms.